The highest BCUT2D eigenvalue weighted by atomic mass is 32.1. The van der Waals surface area contributed by atoms with E-state index in [0.717, 1.165) is 32.5 Å². The molecule has 0 atom stereocenters. The second-order valence-corrected chi connectivity index (χ2v) is 8.46. The highest BCUT2D eigenvalue weighted by molar-refractivity contribution is 7.16. The Balaban J connectivity index is 1.49. The van der Waals surface area contributed by atoms with Gasteiger partial charge in [0.2, 0.25) is 0 Å². The topological polar surface area (TPSA) is 42.2 Å². The number of nitrogens with one attached hydrogen (secondary N) is 1. The van der Waals surface area contributed by atoms with Crippen molar-refractivity contribution in [1.82, 2.24) is 14.4 Å². The number of hydrogen-bond acceptors (Lipinski definition) is 4. The van der Waals surface area contributed by atoms with E-state index in [1.165, 1.54) is 32.1 Å². The number of benzene rings is 1. The molecule has 3 heterocycles. The Morgan fingerprint density at radius 3 is 2.72 bits per heavy atom. The van der Waals surface area contributed by atoms with E-state index in [1.54, 1.807) is 11.3 Å². The van der Waals surface area contributed by atoms with Crippen molar-refractivity contribution in [2.45, 2.75) is 38.1 Å². The fraction of sp³-hybridized carbons (Fsp3) is 0.250. The molecule has 144 valence electrons. The van der Waals surface area contributed by atoms with Crippen molar-refractivity contribution in [2.75, 3.05) is 5.32 Å². The van der Waals surface area contributed by atoms with Gasteiger partial charge in [-0.25, -0.2) is 4.98 Å². The van der Waals surface area contributed by atoms with Crippen LogP contribution in [0.15, 0.2) is 61.1 Å². The van der Waals surface area contributed by atoms with Crippen LogP contribution in [0.1, 0.15) is 42.5 Å². The van der Waals surface area contributed by atoms with E-state index in [9.17, 15) is 0 Å². The van der Waals surface area contributed by atoms with Crippen LogP contribution in [-0.2, 0) is 0 Å². The van der Waals surface area contributed by atoms with Gasteiger partial charge in [0.15, 0.2) is 5.65 Å². The SMILES string of the molecule is C(#Cc1ccc(-c2nc3cnccn3c2NC2CCCCC2)s1)c1ccccc1. The van der Waals surface area contributed by atoms with E-state index < -0.39 is 0 Å². The summed E-state index contributed by atoms with van der Waals surface area (Å²) >= 11 is 1.69. The summed E-state index contributed by atoms with van der Waals surface area (Å²) in [6.45, 7) is 0. The van der Waals surface area contributed by atoms with Crippen molar-refractivity contribution in [1.29, 1.82) is 0 Å². The van der Waals surface area contributed by atoms with Crippen molar-refractivity contribution < 1.29 is 0 Å². The van der Waals surface area contributed by atoms with Crippen LogP contribution in [0, 0.1) is 11.8 Å². The normalized spacial score (nSPS) is 14.5. The molecule has 5 rings (SSSR count). The van der Waals surface area contributed by atoms with Crippen molar-refractivity contribution in [3.8, 4) is 22.4 Å². The highest BCUT2D eigenvalue weighted by Crippen LogP contribution is 2.35. The summed E-state index contributed by atoms with van der Waals surface area (Å²) in [6, 6.07) is 14.8. The molecule has 1 aromatic carbocycles. The molecule has 0 amide bonds. The fourth-order valence-electron chi connectivity index (χ4n) is 3.84. The van der Waals surface area contributed by atoms with Gasteiger partial charge in [-0.3, -0.25) is 9.38 Å². The zero-order valence-electron chi connectivity index (χ0n) is 16.1. The van der Waals surface area contributed by atoms with Gasteiger partial charge in [0.1, 0.15) is 11.5 Å². The van der Waals surface area contributed by atoms with Crippen LogP contribution in [0.4, 0.5) is 5.82 Å². The molecule has 1 aliphatic carbocycles. The standard InChI is InChI=1S/C24H22N4S/c1-3-7-18(8-4-1)11-12-20-13-14-21(29-20)23-24(26-19-9-5-2-6-10-19)28-16-15-25-17-22(28)27-23/h1,3-4,7-8,13-17,19,26H,2,5-6,9-10H2. The van der Waals surface area contributed by atoms with Crippen molar-refractivity contribution in [3.63, 3.8) is 0 Å². The molecule has 1 saturated carbocycles. The number of aromatic nitrogens is 3. The van der Waals surface area contributed by atoms with E-state index in [1.807, 2.05) is 48.9 Å². The molecule has 4 aromatic rings. The molecule has 0 spiro atoms. The molecule has 3 aromatic heterocycles. The lowest BCUT2D eigenvalue weighted by Crippen LogP contribution is -2.23. The molecule has 0 saturated heterocycles. The minimum absolute atomic E-state index is 0.507. The molecular weight excluding hydrogens is 376 g/mol. The first-order chi connectivity index (χ1) is 14.4. The fourth-order valence-corrected chi connectivity index (χ4v) is 4.69. The average Bonchev–Trinajstić information content (AvgIpc) is 3.39. The third-order valence-electron chi connectivity index (χ3n) is 5.32. The van der Waals surface area contributed by atoms with E-state index in [0.29, 0.717) is 6.04 Å². The quantitative estimate of drug-likeness (QED) is 0.457. The van der Waals surface area contributed by atoms with Crippen LogP contribution in [0.2, 0.25) is 0 Å². The van der Waals surface area contributed by atoms with Crippen LogP contribution in [0.3, 0.4) is 0 Å². The zero-order chi connectivity index (χ0) is 19.5. The largest absolute Gasteiger partial charge is 0.367 e. The number of anilines is 1. The van der Waals surface area contributed by atoms with Gasteiger partial charge in [-0.05, 0) is 37.1 Å². The smallest absolute Gasteiger partial charge is 0.157 e. The van der Waals surface area contributed by atoms with E-state index in [4.69, 9.17) is 4.98 Å². The first kappa shape index (κ1) is 18.0. The van der Waals surface area contributed by atoms with Crippen molar-refractivity contribution >= 4 is 22.8 Å². The third-order valence-corrected chi connectivity index (χ3v) is 6.33. The molecule has 29 heavy (non-hydrogen) atoms. The van der Waals surface area contributed by atoms with Crippen LogP contribution in [0.25, 0.3) is 16.2 Å². The minimum Gasteiger partial charge on any atom is -0.367 e. The first-order valence-electron chi connectivity index (χ1n) is 10.1. The third kappa shape index (κ3) is 3.90. The minimum atomic E-state index is 0.507. The van der Waals surface area contributed by atoms with Crippen LogP contribution >= 0.6 is 11.3 Å². The lowest BCUT2D eigenvalue weighted by molar-refractivity contribution is 0.462. The van der Waals surface area contributed by atoms with Crippen LogP contribution < -0.4 is 5.32 Å². The summed E-state index contributed by atoms with van der Waals surface area (Å²) in [4.78, 5) is 11.3. The Labute approximate surface area is 174 Å². The maximum atomic E-state index is 4.88. The second kappa shape index (κ2) is 8.10. The summed E-state index contributed by atoms with van der Waals surface area (Å²) in [7, 11) is 0. The monoisotopic (exact) mass is 398 g/mol. The summed E-state index contributed by atoms with van der Waals surface area (Å²) in [5.74, 6) is 7.60. The number of imidazole rings is 1. The van der Waals surface area contributed by atoms with Crippen LogP contribution in [0.5, 0.6) is 0 Å². The first-order valence-corrected chi connectivity index (χ1v) is 10.9. The summed E-state index contributed by atoms with van der Waals surface area (Å²) in [6.07, 6.45) is 12.0. The Hall–Kier alpha value is -3.10. The number of nitrogens with zero attached hydrogens (tertiary/aromatic N) is 3. The lowest BCUT2D eigenvalue weighted by Gasteiger charge is -2.24. The predicted molar refractivity (Wildman–Crippen MR) is 119 cm³/mol. The lowest BCUT2D eigenvalue weighted by atomic mass is 9.95. The zero-order valence-corrected chi connectivity index (χ0v) is 17.0. The maximum absolute atomic E-state index is 4.88. The van der Waals surface area contributed by atoms with Gasteiger partial charge >= 0.3 is 0 Å². The molecule has 0 aliphatic heterocycles. The molecule has 5 heteroatoms. The van der Waals surface area contributed by atoms with Gasteiger partial charge < -0.3 is 5.32 Å². The summed E-state index contributed by atoms with van der Waals surface area (Å²) in [5.41, 5.74) is 2.88. The van der Waals surface area contributed by atoms with Gasteiger partial charge in [0.05, 0.1) is 16.0 Å². The average molecular weight is 399 g/mol. The van der Waals surface area contributed by atoms with Gasteiger partial charge in [-0.2, -0.15) is 0 Å². The van der Waals surface area contributed by atoms with Gasteiger partial charge in [-0.1, -0.05) is 49.3 Å². The predicted octanol–water partition coefficient (Wildman–Crippen LogP) is 5.60. The second-order valence-electron chi connectivity index (χ2n) is 7.37. The highest BCUT2D eigenvalue weighted by Gasteiger charge is 2.20. The molecule has 1 N–H and O–H groups in total. The number of thiophene rings is 1. The maximum Gasteiger partial charge on any atom is 0.157 e. The summed E-state index contributed by atoms with van der Waals surface area (Å²) < 4.78 is 2.12. The number of rotatable bonds is 3. The number of hydrogen-bond donors (Lipinski definition) is 1. The molecule has 0 radical (unpaired) electrons. The van der Waals surface area contributed by atoms with Crippen LogP contribution in [-0.4, -0.2) is 20.4 Å². The van der Waals surface area contributed by atoms with Gasteiger partial charge in [0.25, 0.3) is 0 Å². The Bertz CT molecular complexity index is 1170. The molecule has 1 aliphatic rings. The van der Waals surface area contributed by atoms with E-state index in [-0.39, 0.29) is 0 Å². The molecular formula is C24H22N4S. The molecule has 4 nitrogen and oxygen atoms in total. The van der Waals surface area contributed by atoms with Crippen molar-refractivity contribution in [2.24, 2.45) is 0 Å². The van der Waals surface area contributed by atoms with E-state index >= 15 is 0 Å². The van der Waals surface area contributed by atoms with Gasteiger partial charge in [-0.15, -0.1) is 11.3 Å². The Morgan fingerprint density at radius 2 is 1.86 bits per heavy atom. The Morgan fingerprint density at radius 1 is 1.00 bits per heavy atom. The molecule has 1 fully saturated rings. The van der Waals surface area contributed by atoms with Crippen molar-refractivity contribution in [3.05, 3.63) is 71.5 Å². The number of fused-ring (bicyclic) bond motifs is 1. The molecule has 0 unspecified atom stereocenters. The summed E-state index contributed by atoms with van der Waals surface area (Å²) in [5, 5.41) is 3.78. The van der Waals surface area contributed by atoms with E-state index in [2.05, 4.69) is 38.7 Å². The molecule has 0 bridgehead atoms. The van der Waals surface area contributed by atoms with Gasteiger partial charge in [0, 0.05) is 24.0 Å². The Kier molecular flexibility index (Phi) is 5.02.